The first-order valence-electron chi connectivity index (χ1n) is 7.81. The predicted molar refractivity (Wildman–Crippen MR) is 91.2 cm³/mol. The molecule has 0 aromatic carbocycles. The molecule has 0 bridgehead atoms. The van der Waals surface area contributed by atoms with Crippen LogP contribution in [0.1, 0.15) is 45.6 Å². The van der Waals surface area contributed by atoms with Crippen LogP contribution in [-0.2, 0) is 11.2 Å². The molecule has 0 radical (unpaired) electrons. The van der Waals surface area contributed by atoms with Gasteiger partial charge in [-0.15, -0.1) is 11.3 Å². The SMILES string of the molecule is CNC(=O)c1ccc([C@@H]2CCCN2C(=O)CCc2cc(Cl)no2)s1. The number of amides is 2. The summed E-state index contributed by atoms with van der Waals surface area (Å²) < 4.78 is 5.04. The maximum absolute atomic E-state index is 12.6. The number of halogens is 1. The summed E-state index contributed by atoms with van der Waals surface area (Å²) >= 11 is 7.16. The van der Waals surface area contributed by atoms with Crippen molar-refractivity contribution >= 4 is 34.8 Å². The van der Waals surface area contributed by atoms with Crippen LogP contribution in [0, 0.1) is 0 Å². The van der Waals surface area contributed by atoms with Crippen molar-refractivity contribution in [1.82, 2.24) is 15.4 Å². The van der Waals surface area contributed by atoms with Gasteiger partial charge in [0.1, 0.15) is 5.76 Å². The molecule has 3 heterocycles. The highest BCUT2D eigenvalue weighted by molar-refractivity contribution is 7.14. The number of likely N-dealkylation sites (tertiary alicyclic amines) is 1. The lowest BCUT2D eigenvalue weighted by atomic mass is 10.1. The Morgan fingerprint density at radius 2 is 2.33 bits per heavy atom. The van der Waals surface area contributed by atoms with Gasteiger partial charge in [-0.2, -0.15) is 0 Å². The molecule has 1 fully saturated rings. The molecule has 0 unspecified atom stereocenters. The summed E-state index contributed by atoms with van der Waals surface area (Å²) in [5.41, 5.74) is 0. The molecule has 0 spiro atoms. The highest BCUT2D eigenvalue weighted by Crippen LogP contribution is 2.36. The Hall–Kier alpha value is -1.86. The summed E-state index contributed by atoms with van der Waals surface area (Å²) in [5.74, 6) is 0.603. The lowest BCUT2D eigenvalue weighted by molar-refractivity contribution is -0.132. The minimum atomic E-state index is -0.0932. The quantitative estimate of drug-likeness (QED) is 0.881. The summed E-state index contributed by atoms with van der Waals surface area (Å²) in [7, 11) is 1.61. The van der Waals surface area contributed by atoms with E-state index in [1.807, 2.05) is 17.0 Å². The molecular weight excluding hydrogens is 350 g/mol. The second-order valence-electron chi connectivity index (χ2n) is 5.64. The molecule has 0 aliphatic carbocycles. The maximum Gasteiger partial charge on any atom is 0.261 e. The van der Waals surface area contributed by atoms with Crippen LogP contribution in [0.5, 0.6) is 0 Å². The van der Waals surface area contributed by atoms with E-state index in [0.717, 1.165) is 24.3 Å². The van der Waals surface area contributed by atoms with Gasteiger partial charge in [-0.25, -0.2) is 0 Å². The Bertz CT molecular complexity index is 743. The molecule has 6 nitrogen and oxygen atoms in total. The topological polar surface area (TPSA) is 75.4 Å². The lowest BCUT2D eigenvalue weighted by Gasteiger charge is -2.23. The molecule has 24 heavy (non-hydrogen) atoms. The summed E-state index contributed by atoms with van der Waals surface area (Å²) in [5, 5.41) is 6.54. The monoisotopic (exact) mass is 367 g/mol. The fraction of sp³-hybridized carbons (Fsp3) is 0.438. The van der Waals surface area contributed by atoms with Gasteiger partial charge in [0.15, 0.2) is 5.15 Å². The van der Waals surface area contributed by atoms with Crippen molar-refractivity contribution in [3.8, 4) is 0 Å². The first-order valence-corrected chi connectivity index (χ1v) is 9.00. The van der Waals surface area contributed by atoms with Gasteiger partial charge in [-0.3, -0.25) is 9.59 Å². The van der Waals surface area contributed by atoms with Crippen molar-refractivity contribution in [3.63, 3.8) is 0 Å². The number of nitrogens with one attached hydrogen (secondary N) is 1. The minimum absolute atomic E-state index is 0.0548. The van der Waals surface area contributed by atoms with Gasteiger partial charge in [0.25, 0.3) is 5.91 Å². The van der Waals surface area contributed by atoms with Crippen LogP contribution in [0.2, 0.25) is 5.15 Å². The number of carbonyl (C=O) groups excluding carboxylic acids is 2. The number of aromatic nitrogens is 1. The van der Waals surface area contributed by atoms with Crippen LogP contribution in [0.25, 0.3) is 0 Å². The Morgan fingerprint density at radius 3 is 3.04 bits per heavy atom. The number of hydrogen-bond acceptors (Lipinski definition) is 5. The third-order valence-corrected chi connectivity index (χ3v) is 5.46. The van der Waals surface area contributed by atoms with Gasteiger partial charge in [0.2, 0.25) is 5.91 Å². The molecule has 1 saturated heterocycles. The largest absolute Gasteiger partial charge is 0.360 e. The number of nitrogens with zero attached hydrogens (tertiary/aromatic N) is 2. The van der Waals surface area contributed by atoms with Crippen molar-refractivity contribution in [2.45, 2.75) is 31.7 Å². The van der Waals surface area contributed by atoms with E-state index < -0.39 is 0 Å². The van der Waals surface area contributed by atoms with Crippen molar-refractivity contribution in [2.24, 2.45) is 0 Å². The Kier molecular flexibility index (Phi) is 5.20. The van der Waals surface area contributed by atoms with Crippen LogP contribution in [-0.4, -0.2) is 35.5 Å². The molecule has 2 aromatic heterocycles. The Morgan fingerprint density at radius 1 is 1.50 bits per heavy atom. The van der Waals surface area contributed by atoms with Crippen LogP contribution in [0.4, 0.5) is 0 Å². The molecule has 8 heteroatoms. The zero-order valence-electron chi connectivity index (χ0n) is 13.3. The van der Waals surface area contributed by atoms with E-state index in [1.54, 1.807) is 13.1 Å². The highest BCUT2D eigenvalue weighted by Gasteiger charge is 2.31. The zero-order chi connectivity index (χ0) is 17.1. The van der Waals surface area contributed by atoms with Gasteiger partial charge in [-0.05, 0) is 25.0 Å². The van der Waals surface area contributed by atoms with Crippen LogP contribution in [0.15, 0.2) is 22.7 Å². The molecule has 2 aromatic rings. The van der Waals surface area contributed by atoms with E-state index in [1.165, 1.54) is 11.3 Å². The number of carbonyl (C=O) groups is 2. The molecule has 0 saturated carbocycles. The maximum atomic E-state index is 12.6. The molecule has 1 aliphatic heterocycles. The van der Waals surface area contributed by atoms with E-state index in [9.17, 15) is 9.59 Å². The van der Waals surface area contributed by atoms with Crippen LogP contribution >= 0.6 is 22.9 Å². The summed E-state index contributed by atoms with van der Waals surface area (Å²) in [6.07, 6.45) is 2.73. The minimum Gasteiger partial charge on any atom is -0.360 e. The summed E-state index contributed by atoms with van der Waals surface area (Å²) in [6.45, 7) is 0.744. The van der Waals surface area contributed by atoms with Crippen LogP contribution in [0.3, 0.4) is 0 Å². The first kappa shape index (κ1) is 17.0. The number of thiophene rings is 1. The zero-order valence-corrected chi connectivity index (χ0v) is 14.8. The van der Waals surface area contributed by atoms with E-state index in [-0.39, 0.29) is 17.9 Å². The molecular formula is C16H18ClN3O3S. The van der Waals surface area contributed by atoms with Crippen molar-refractivity contribution in [3.05, 3.63) is 38.9 Å². The van der Waals surface area contributed by atoms with E-state index in [2.05, 4.69) is 10.5 Å². The number of rotatable bonds is 5. The normalized spacial score (nSPS) is 17.2. The van der Waals surface area contributed by atoms with Crippen molar-refractivity contribution in [1.29, 1.82) is 0 Å². The number of hydrogen-bond donors (Lipinski definition) is 1. The van der Waals surface area contributed by atoms with Gasteiger partial charge in [0.05, 0.1) is 10.9 Å². The standard InChI is InChI=1S/C16H18ClN3O3S/c1-18-16(22)13-6-5-12(24-13)11-3-2-8-20(11)15(21)7-4-10-9-14(17)19-23-10/h5-6,9,11H,2-4,7-8H2,1H3,(H,18,22)/t11-/m0/s1. The number of aryl methyl sites for hydroxylation is 1. The van der Waals surface area contributed by atoms with Crippen molar-refractivity contribution < 1.29 is 14.1 Å². The second kappa shape index (κ2) is 7.36. The third-order valence-electron chi connectivity index (χ3n) is 4.09. The average molecular weight is 368 g/mol. The summed E-state index contributed by atoms with van der Waals surface area (Å²) in [6, 6.07) is 5.45. The molecule has 2 amide bonds. The van der Waals surface area contributed by atoms with Gasteiger partial charge in [-0.1, -0.05) is 16.8 Å². The fourth-order valence-electron chi connectivity index (χ4n) is 2.92. The summed E-state index contributed by atoms with van der Waals surface area (Å²) in [4.78, 5) is 27.9. The molecule has 1 N–H and O–H groups in total. The Balaban J connectivity index is 1.65. The molecule has 128 valence electrons. The van der Waals surface area contributed by atoms with E-state index in [4.69, 9.17) is 16.1 Å². The smallest absolute Gasteiger partial charge is 0.261 e. The van der Waals surface area contributed by atoms with Crippen molar-refractivity contribution in [2.75, 3.05) is 13.6 Å². The lowest BCUT2D eigenvalue weighted by Crippen LogP contribution is -2.30. The average Bonchev–Trinajstić information content (AvgIpc) is 3.31. The van der Waals surface area contributed by atoms with Crippen LogP contribution < -0.4 is 5.32 Å². The van der Waals surface area contributed by atoms with Gasteiger partial charge < -0.3 is 14.7 Å². The van der Waals surface area contributed by atoms with Gasteiger partial charge >= 0.3 is 0 Å². The molecule has 1 atom stereocenters. The van der Waals surface area contributed by atoms with E-state index in [0.29, 0.717) is 28.6 Å². The predicted octanol–water partition coefficient (Wildman–Crippen LogP) is 3.05. The first-order chi connectivity index (χ1) is 11.6. The highest BCUT2D eigenvalue weighted by atomic mass is 35.5. The third kappa shape index (κ3) is 3.62. The second-order valence-corrected chi connectivity index (χ2v) is 7.14. The fourth-order valence-corrected chi connectivity index (χ4v) is 4.18. The molecule has 1 aliphatic rings. The van der Waals surface area contributed by atoms with Gasteiger partial charge in [0, 0.05) is 37.4 Å². The Labute approximate surface area is 148 Å². The molecule has 3 rings (SSSR count). The van der Waals surface area contributed by atoms with E-state index >= 15 is 0 Å².